The molecule has 4 rings (SSSR count). The number of thiocarbonyl (C=S) groups is 1. The maximum absolute atomic E-state index is 14.2. The predicted octanol–water partition coefficient (Wildman–Crippen LogP) is 4.74. The molecule has 3 aromatic rings. The van der Waals surface area contributed by atoms with Crippen molar-refractivity contribution in [3.05, 3.63) is 78.1 Å². The van der Waals surface area contributed by atoms with Crippen LogP contribution < -0.4 is 14.8 Å². The number of hydrogen-bond donors (Lipinski definition) is 1. The summed E-state index contributed by atoms with van der Waals surface area (Å²) in [4.78, 5) is 6.49. The molecule has 0 bridgehead atoms. The minimum Gasteiger partial charge on any atom is -0.497 e. The fraction of sp³-hybridized carbons (Fsp3) is 0.208. The van der Waals surface area contributed by atoms with Crippen LogP contribution in [-0.4, -0.2) is 40.9 Å². The third-order valence-electron chi connectivity index (χ3n) is 5.42. The summed E-state index contributed by atoms with van der Waals surface area (Å²) in [5.41, 5.74) is 3.05. The SMILES string of the molecule is C=CCN1C(=S)NC(c2ccc(OC)cc2)C(c2nc(-c3ccc(OC)c(F)c3)no2)=C1C. The number of ether oxygens (including phenoxy) is 2. The van der Waals surface area contributed by atoms with Crippen LogP contribution in [-0.2, 0) is 0 Å². The van der Waals surface area contributed by atoms with E-state index in [9.17, 15) is 4.39 Å². The van der Waals surface area contributed by atoms with Gasteiger partial charge < -0.3 is 24.2 Å². The number of hydrogen-bond acceptors (Lipinski definition) is 6. The van der Waals surface area contributed by atoms with Gasteiger partial charge in [0.25, 0.3) is 5.89 Å². The van der Waals surface area contributed by atoms with Gasteiger partial charge in [-0.3, -0.25) is 0 Å². The molecule has 0 saturated heterocycles. The fourth-order valence-electron chi connectivity index (χ4n) is 3.71. The largest absolute Gasteiger partial charge is 0.497 e. The molecule has 0 spiro atoms. The van der Waals surface area contributed by atoms with Crippen LogP contribution in [0.4, 0.5) is 4.39 Å². The summed E-state index contributed by atoms with van der Waals surface area (Å²) in [5, 5.41) is 8.02. The molecule has 0 amide bonds. The second-order valence-corrected chi connectivity index (χ2v) is 7.71. The quantitative estimate of drug-likeness (QED) is 0.395. The molecule has 1 aromatic heterocycles. The van der Waals surface area contributed by atoms with Crippen LogP contribution in [0.5, 0.6) is 11.5 Å². The molecule has 9 heteroatoms. The van der Waals surface area contributed by atoms with Gasteiger partial charge in [-0.2, -0.15) is 4.98 Å². The third kappa shape index (κ3) is 4.31. The van der Waals surface area contributed by atoms with E-state index in [0.29, 0.717) is 23.1 Å². The molecule has 2 aromatic carbocycles. The molecule has 1 N–H and O–H groups in total. The molecule has 1 aliphatic heterocycles. The average Bonchev–Trinajstić information content (AvgIpc) is 3.31. The molecule has 0 radical (unpaired) electrons. The van der Waals surface area contributed by atoms with E-state index >= 15 is 0 Å². The van der Waals surface area contributed by atoms with E-state index in [-0.39, 0.29) is 17.6 Å². The molecule has 0 saturated carbocycles. The molecule has 1 aliphatic rings. The van der Waals surface area contributed by atoms with Crippen molar-refractivity contribution in [3.8, 4) is 22.9 Å². The van der Waals surface area contributed by atoms with Gasteiger partial charge in [-0.1, -0.05) is 23.4 Å². The number of aromatic nitrogens is 2. The van der Waals surface area contributed by atoms with Crippen LogP contribution in [0.2, 0.25) is 0 Å². The van der Waals surface area contributed by atoms with Gasteiger partial charge in [0.1, 0.15) is 5.75 Å². The maximum atomic E-state index is 14.2. The first-order valence-corrected chi connectivity index (χ1v) is 10.6. The Hall–Kier alpha value is -3.72. The van der Waals surface area contributed by atoms with E-state index in [2.05, 4.69) is 22.0 Å². The van der Waals surface area contributed by atoms with Crippen LogP contribution in [0, 0.1) is 5.82 Å². The van der Waals surface area contributed by atoms with E-state index in [1.54, 1.807) is 19.3 Å². The van der Waals surface area contributed by atoms with Gasteiger partial charge in [-0.25, -0.2) is 4.39 Å². The molecule has 170 valence electrons. The number of nitrogens with one attached hydrogen (secondary N) is 1. The number of allylic oxidation sites excluding steroid dienone is 1. The molecule has 2 heterocycles. The number of methoxy groups -OCH3 is 2. The van der Waals surface area contributed by atoms with Crippen LogP contribution in [0.1, 0.15) is 24.4 Å². The van der Waals surface area contributed by atoms with E-state index in [4.69, 9.17) is 26.2 Å². The van der Waals surface area contributed by atoms with Crippen molar-refractivity contribution in [3.63, 3.8) is 0 Å². The summed E-state index contributed by atoms with van der Waals surface area (Å²) < 4.78 is 30.1. The standard InChI is InChI=1S/C24H23FN4O3S/c1-5-12-29-14(2)20(21(26-24(29)33)15-6-9-17(30-3)10-7-15)23-27-22(28-32-23)16-8-11-19(31-4)18(25)13-16/h5-11,13,21H,1,12H2,2-4H3,(H,26,33). The fourth-order valence-corrected chi connectivity index (χ4v) is 4.04. The Morgan fingerprint density at radius 2 is 1.97 bits per heavy atom. The summed E-state index contributed by atoms with van der Waals surface area (Å²) in [6, 6.07) is 11.8. The van der Waals surface area contributed by atoms with Crippen LogP contribution >= 0.6 is 12.2 Å². The predicted molar refractivity (Wildman–Crippen MR) is 127 cm³/mol. The summed E-state index contributed by atoms with van der Waals surface area (Å²) in [6.45, 7) is 6.28. The topological polar surface area (TPSA) is 72.7 Å². The molecule has 0 aliphatic carbocycles. The van der Waals surface area contributed by atoms with Gasteiger partial charge in [-0.15, -0.1) is 6.58 Å². The van der Waals surface area contributed by atoms with Crippen molar-refractivity contribution in [2.45, 2.75) is 13.0 Å². The number of benzene rings is 2. The molecule has 1 atom stereocenters. The van der Waals surface area contributed by atoms with Gasteiger partial charge in [0.05, 0.1) is 25.8 Å². The van der Waals surface area contributed by atoms with E-state index < -0.39 is 5.82 Å². The summed E-state index contributed by atoms with van der Waals surface area (Å²) >= 11 is 5.61. The Morgan fingerprint density at radius 1 is 1.21 bits per heavy atom. The highest BCUT2D eigenvalue weighted by Crippen LogP contribution is 2.38. The molecular weight excluding hydrogens is 443 g/mol. The van der Waals surface area contributed by atoms with Gasteiger partial charge in [-0.05, 0) is 55.0 Å². The van der Waals surface area contributed by atoms with Crippen molar-refractivity contribution in [2.75, 3.05) is 20.8 Å². The van der Waals surface area contributed by atoms with Crippen molar-refractivity contribution in [1.82, 2.24) is 20.4 Å². The zero-order valence-corrected chi connectivity index (χ0v) is 19.3. The van der Waals surface area contributed by atoms with E-state index in [1.807, 2.05) is 36.1 Å². The van der Waals surface area contributed by atoms with E-state index in [0.717, 1.165) is 22.6 Å². The smallest absolute Gasteiger partial charge is 0.258 e. The van der Waals surface area contributed by atoms with Crippen molar-refractivity contribution in [1.29, 1.82) is 0 Å². The second kappa shape index (κ2) is 9.41. The second-order valence-electron chi connectivity index (χ2n) is 7.33. The minimum absolute atomic E-state index is 0.144. The average molecular weight is 467 g/mol. The number of nitrogens with zero attached hydrogens (tertiary/aromatic N) is 3. The Balaban J connectivity index is 1.79. The molecule has 33 heavy (non-hydrogen) atoms. The lowest BCUT2D eigenvalue weighted by atomic mass is 9.94. The first kappa shape index (κ1) is 22.5. The third-order valence-corrected chi connectivity index (χ3v) is 5.76. The molecule has 0 fully saturated rings. The van der Waals surface area contributed by atoms with Crippen LogP contribution in [0.15, 0.2) is 65.3 Å². The van der Waals surface area contributed by atoms with Crippen LogP contribution in [0.25, 0.3) is 17.0 Å². The lowest BCUT2D eigenvalue weighted by Crippen LogP contribution is -2.45. The number of rotatable bonds is 7. The van der Waals surface area contributed by atoms with Crippen molar-refractivity contribution < 1.29 is 18.4 Å². The van der Waals surface area contributed by atoms with Crippen molar-refractivity contribution in [2.24, 2.45) is 0 Å². The molecular formula is C24H23FN4O3S. The highest BCUT2D eigenvalue weighted by Gasteiger charge is 2.33. The Kier molecular flexibility index (Phi) is 6.41. The van der Waals surface area contributed by atoms with Gasteiger partial charge in [0.2, 0.25) is 5.82 Å². The zero-order valence-electron chi connectivity index (χ0n) is 18.5. The van der Waals surface area contributed by atoms with Gasteiger partial charge >= 0.3 is 0 Å². The summed E-state index contributed by atoms with van der Waals surface area (Å²) in [7, 11) is 3.03. The zero-order chi connectivity index (χ0) is 23.5. The first-order chi connectivity index (χ1) is 16.0. The normalized spacial score (nSPS) is 15.9. The lowest BCUT2D eigenvalue weighted by Gasteiger charge is -2.36. The monoisotopic (exact) mass is 466 g/mol. The Labute approximate surface area is 196 Å². The lowest BCUT2D eigenvalue weighted by molar-refractivity contribution is 0.386. The number of halogens is 1. The first-order valence-electron chi connectivity index (χ1n) is 10.2. The van der Waals surface area contributed by atoms with E-state index in [1.165, 1.54) is 19.2 Å². The Morgan fingerprint density at radius 3 is 2.61 bits per heavy atom. The Bertz CT molecular complexity index is 1220. The minimum atomic E-state index is -0.505. The van der Waals surface area contributed by atoms with Crippen molar-refractivity contribution >= 4 is 22.9 Å². The van der Waals surface area contributed by atoms with Gasteiger partial charge in [0.15, 0.2) is 16.7 Å². The highest BCUT2D eigenvalue weighted by atomic mass is 32.1. The summed E-state index contributed by atoms with van der Waals surface area (Å²) in [6.07, 6.45) is 1.77. The molecule has 7 nitrogen and oxygen atoms in total. The van der Waals surface area contributed by atoms with Gasteiger partial charge in [0, 0.05) is 17.8 Å². The summed E-state index contributed by atoms with van der Waals surface area (Å²) in [5.74, 6) is 0.960. The highest BCUT2D eigenvalue weighted by molar-refractivity contribution is 7.80. The van der Waals surface area contributed by atoms with Crippen LogP contribution in [0.3, 0.4) is 0 Å². The maximum Gasteiger partial charge on any atom is 0.258 e. The molecule has 1 unspecified atom stereocenters.